The molecule has 0 saturated carbocycles. The first kappa shape index (κ1) is 23.3. The smallest absolute Gasteiger partial charge is 0.260 e. The molecule has 0 atom stereocenters. The van der Waals surface area contributed by atoms with Crippen molar-refractivity contribution in [2.45, 2.75) is 52.4 Å². The van der Waals surface area contributed by atoms with Crippen molar-refractivity contribution < 1.29 is 14.3 Å². The zero-order valence-corrected chi connectivity index (χ0v) is 20.3. The summed E-state index contributed by atoms with van der Waals surface area (Å²) in [5.74, 6) is 1.44. The molecule has 0 aliphatic heterocycles. The fourth-order valence-electron chi connectivity index (χ4n) is 4.37. The number of amides is 1. The van der Waals surface area contributed by atoms with Gasteiger partial charge in [-0.15, -0.1) is 11.3 Å². The maximum atomic E-state index is 12.9. The number of carbonyl (C=O) groups excluding carboxylic acids is 1. The lowest BCUT2D eigenvalue weighted by atomic mass is 9.97. The Morgan fingerprint density at radius 1 is 1.15 bits per heavy atom. The van der Waals surface area contributed by atoms with Crippen LogP contribution in [0.5, 0.6) is 11.5 Å². The lowest BCUT2D eigenvalue weighted by molar-refractivity contribution is -0.133. The molecule has 0 fully saturated rings. The first-order valence-corrected chi connectivity index (χ1v) is 12.5. The largest absolute Gasteiger partial charge is 0.493 e. The number of thiophene rings is 1. The van der Waals surface area contributed by atoms with Crippen LogP contribution < -0.4 is 15.0 Å². The van der Waals surface area contributed by atoms with Crippen LogP contribution in [0.4, 0.5) is 0 Å². The van der Waals surface area contributed by atoms with Gasteiger partial charge in [0.2, 0.25) is 0 Å². The number of benzene rings is 1. The molecule has 7 nitrogen and oxygen atoms in total. The molecule has 33 heavy (non-hydrogen) atoms. The molecule has 0 radical (unpaired) electrons. The molecule has 2 aromatic heterocycles. The SMILES string of the molecule is CCCN(CCC)C(=O)COc1ccc(-c2nc3sc4c(c3c(=O)[nH]2)CCCC4)cc1OC. The van der Waals surface area contributed by atoms with Crippen LogP contribution in [-0.4, -0.2) is 47.6 Å². The number of methoxy groups -OCH3 is 1. The predicted octanol–water partition coefficient (Wildman–Crippen LogP) is 4.57. The van der Waals surface area contributed by atoms with Crippen molar-refractivity contribution in [3.8, 4) is 22.9 Å². The lowest BCUT2D eigenvalue weighted by Gasteiger charge is -2.21. The van der Waals surface area contributed by atoms with Gasteiger partial charge >= 0.3 is 0 Å². The number of aromatic nitrogens is 2. The van der Waals surface area contributed by atoms with Gasteiger partial charge in [0.1, 0.15) is 10.7 Å². The average molecular weight is 470 g/mol. The number of carbonyl (C=O) groups is 1. The summed E-state index contributed by atoms with van der Waals surface area (Å²) in [7, 11) is 1.56. The predicted molar refractivity (Wildman–Crippen MR) is 132 cm³/mol. The van der Waals surface area contributed by atoms with Crippen LogP contribution in [0.2, 0.25) is 0 Å². The first-order valence-electron chi connectivity index (χ1n) is 11.7. The fourth-order valence-corrected chi connectivity index (χ4v) is 5.63. The van der Waals surface area contributed by atoms with Gasteiger partial charge in [0.05, 0.1) is 12.5 Å². The highest BCUT2D eigenvalue weighted by Crippen LogP contribution is 2.35. The second-order valence-corrected chi connectivity index (χ2v) is 9.42. The molecular weight excluding hydrogens is 438 g/mol. The van der Waals surface area contributed by atoms with E-state index in [1.54, 1.807) is 30.6 Å². The molecule has 8 heteroatoms. The molecule has 0 spiro atoms. The number of hydrogen-bond acceptors (Lipinski definition) is 6. The average Bonchev–Trinajstić information content (AvgIpc) is 3.21. The van der Waals surface area contributed by atoms with E-state index in [1.165, 1.54) is 16.9 Å². The summed E-state index contributed by atoms with van der Waals surface area (Å²) in [6.45, 7) is 5.51. The van der Waals surface area contributed by atoms with E-state index < -0.39 is 0 Å². The number of nitrogens with zero attached hydrogens (tertiary/aromatic N) is 2. The van der Waals surface area contributed by atoms with Crippen LogP contribution in [0.25, 0.3) is 21.6 Å². The molecule has 0 saturated heterocycles. The van der Waals surface area contributed by atoms with Crippen LogP contribution >= 0.6 is 11.3 Å². The van der Waals surface area contributed by atoms with Crippen molar-refractivity contribution in [2.75, 3.05) is 26.8 Å². The minimum Gasteiger partial charge on any atom is -0.493 e. The Morgan fingerprint density at radius 3 is 2.64 bits per heavy atom. The Bertz CT molecular complexity index is 1190. The van der Waals surface area contributed by atoms with Crippen LogP contribution in [0.15, 0.2) is 23.0 Å². The van der Waals surface area contributed by atoms with Crippen molar-refractivity contribution in [3.05, 3.63) is 39.0 Å². The van der Waals surface area contributed by atoms with Crippen LogP contribution in [0.3, 0.4) is 0 Å². The van der Waals surface area contributed by atoms with E-state index in [-0.39, 0.29) is 18.1 Å². The number of aromatic amines is 1. The summed E-state index contributed by atoms with van der Waals surface area (Å²) < 4.78 is 11.3. The zero-order valence-electron chi connectivity index (χ0n) is 19.5. The lowest BCUT2D eigenvalue weighted by Crippen LogP contribution is -2.36. The van der Waals surface area contributed by atoms with Crippen molar-refractivity contribution in [2.24, 2.45) is 0 Å². The summed E-state index contributed by atoms with van der Waals surface area (Å²) in [6.07, 6.45) is 6.08. The van der Waals surface area contributed by atoms with Gasteiger partial charge in [-0.05, 0) is 62.3 Å². The number of hydrogen-bond donors (Lipinski definition) is 1. The van der Waals surface area contributed by atoms with E-state index >= 15 is 0 Å². The maximum Gasteiger partial charge on any atom is 0.260 e. The molecule has 0 unspecified atom stereocenters. The van der Waals surface area contributed by atoms with Gasteiger partial charge in [-0.3, -0.25) is 9.59 Å². The summed E-state index contributed by atoms with van der Waals surface area (Å²) in [6, 6.07) is 5.37. The minimum absolute atomic E-state index is 0.0389. The Labute approximate surface area is 197 Å². The van der Waals surface area contributed by atoms with Crippen molar-refractivity contribution in [3.63, 3.8) is 0 Å². The molecule has 1 aliphatic rings. The second-order valence-electron chi connectivity index (χ2n) is 8.34. The molecule has 3 aromatic rings. The quantitative estimate of drug-likeness (QED) is 0.496. The number of ether oxygens (including phenoxy) is 2. The molecule has 4 rings (SSSR count). The van der Waals surface area contributed by atoms with Crippen LogP contribution in [-0.2, 0) is 17.6 Å². The summed E-state index contributed by atoms with van der Waals surface area (Å²) in [5, 5.41) is 0.743. The Kier molecular flexibility index (Phi) is 7.33. The van der Waals surface area contributed by atoms with Gasteiger partial charge in [0.25, 0.3) is 11.5 Å². The highest BCUT2D eigenvalue weighted by molar-refractivity contribution is 7.18. The second kappa shape index (κ2) is 10.4. The third-order valence-corrected chi connectivity index (χ3v) is 7.14. The molecule has 1 amide bonds. The van der Waals surface area contributed by atoms with Gasteiger partial charge in [0, 0.05) is 23.5 Å². The normalized spacial score (nSPS) is 13.1. The zero-order chi connectivity index (χ0) is 23.4. The van der Waals surface area contributed by atoms with E-state index in [9.17, 15) is 9.59 Å². The van der Waals surface area contributed by atoms with Crippen molar-refractivity contribution in [1.29, 1.82) is 0 Å². The van der Waals surface area contributed by atoms with Crippen molar-refractivity contribution >= 4 is 27.5 Å². The summed E-state index contributed by atoms with van der Waals surface area (Å²) >= 11 is 1.63. The fraction of sp³-hybridized carbons (Fsp3) is 0.480. The molecule has 0 bridgehead atoms. The topological polar surface area (TPSA) is 84.5 Å². The first-order chi connectivity index (χ1) is 16.0. The van der Waals surface area contributed by atoms with Gasteiger partial charge in [-0.2, -0.15) is 0 Å². The number of nitrogens with one attached hydrogen (secondary N) is 1. The number of H-pyrrole nitrogens is 1. The number of aryl methyl sites for hydroxylation is 2. The third-order valence-electron chi connectivity index (χ3n) is 5.95. The van der Waals surface area contributed by atoms with E-state index in [0.717, 1.165) is 61.0 Å². The van der Waals surface area contributed by atoms with E-state index in [4.69, 9.17) is 14.5 Å². The number of fused-ring (bicyclic) bond motifs is 3. The van der Waals surface area contributed by atoms with E-state index in [2.05, 4.69) is 18.8 Å². The Hall–Kier alpha value is -2.87. The third kappa shape index (κ3) is 4.90. The van der Waals surface area contributed by atoms with E-state index in [1.807, 2.05) is 11.0 Å². The molecule has 1 aromatic carbocycles. The van der Waals surface area contributed by atoms with E-state index in [0.29, 0.717) is 17.3 Å². The van der Waals surface area contributed by atoms with Crippen LogP contribution in [0, 0.1) is 0 Å². The van der Waals surface area contributed by atoms with Gasteiger partial charge < -0.3 is 19.4 Å². The minimum atomic E-state index is -0.0915. The summed E-state index contributed by atoms with van der Waals surface area (Å²) in [4.78, 5) is 37.0. The number of rotatable bonds is 9. The monoisotopic (exact) mass is 469 g/mol. The highest BCUT2D eigenvalue weighted by atomic mass is 32.1. The Morgan fingerprint density at radius 2 is 1.91 bits per heavy atom. The van der Waals surface area contributed by atoms with Crippen LogP contribution in [0.1, 0.15) is 50.0 Å². The van der Waals surface area contributed by atoms with Gasteiger partial charge in [-0.25, -0.2) is 4.98 Å². The molecular formula is C25H31N3O4S. The Balaban J connectivity index is 1.57. The van der Waals surface area contributed by atoms with Gasteiger partial charge in [-0.1, -0.05) is 13.8 Å². The molecule has 1 N–H and O–H groups in total. The maximum absolute atomic E-state index is 12.9. The highest BCUT2D eigenvalue weighted by Gasteiger charge is 2.21. The summed E-state index contributed by atoms with van der Waals surface area (Å²) in [5.41, 5.74) is 1.81. The van der Waals surface area contributed by atoms with Crippen molar-refractivity contribution in [1.82, 2.24) is 14.9 Å². The molecule has 1 aliphatic carbocycles. The molecule has 176 valence electrons. The molecule has 2 heterocycles. The van der Waals surface area contributed by atoms with Gasteiger partial charge in [0.15, 0.2) is 18.1 Å². The standard InChI is InChI=1S/C25H31N3O4S/c1-4-12-28(13-5-2)21(29)15-32-18-11-10-16(14-19(18)31-3)23-26-24(30)22-17-8-6-7-9-20(17)33-25(22)27-23/h10-11,14H,4-9,12-13,15H2,1-3H3,(H,26,27,30).